The van der Waals surface area contributed by atoms with Crippen molar-refractivity contribution in [2.45, 2.75) is 19.4 Å². The normalized spacial score (nSPS) is 23.2. The summed E-state index contributed by atoms with van der Waals surface area (Å²) in [5.41, 5.74) is 0. The lowest BCUT2D eigenvalue weighted by atomic mass is 10.3. The van der Waals surface area contributed by atoms with Gasteiger partial charge in [0.15, 0.2) is 6.10 Å². The summed E-state index contributed by atoms with van der Waals surface area (Å²) in [6.07, 6.45) is -0.951. The molecule has 6 heteroatoms. The third kappa shape index (κ3) is 1.74. The quantitative estimate of drug-likeness (QED) is 0.295. The first-order valence-corrected chi connectivity index (χ1v) is 4.18. The van der Waals surface area contributed by atoms with Crippen molar-refractivity contribution in [3.63, 3.8) is 0 Å². The summed E-state index contributed by atoms with van der Waals surface area (Å²) in [6, 6.07) is 0. The van der Waals surface area contributed by atoms with Crippen molar-refractivity contribution in [2.24, 2.45) is 0 Å². The van der Waals surface area contributed by atoms with E-state index in [1.54, 1.807) is 22.9 Å². The zero-order chi connectivity index (χ0) is 9.30. The fourth-order valence-electron chi connectivity index (χ4n) is 0.868. The van der Waals surface area contributed by atoms with Crippen molar-refractivity contribution in [3.05, 3.63) is 0 Å². The summed E-state index contributed by atoms with van der Waals surface area (Å²) in [5, 5.41) is 0. The second-order valence-corrected chi connectivity index (χ2v) is 3.28. The molecule has 0 aromatic carbocycles. The highest BCUT2D eigenvalue weighted by atomic mass is 127. The first-order valence-electron chi connectivity index (χ1n) is 3.22. The molecule has 66 valence electrons. The van der Waals surface area contributed by atoms with E-state index in [1.807, 2.05) is 0 Å². The van der Waals surface area contributed by atoms with Crippen molar-refractivity contribution < 1.29 is 19.1 Å². The van der Waals surface area contributed by atoms with Crippen LogP contribution in [0.2, 0.25) is 0 Å². The summed E-state index contributed by atoms with van der Waals surface area (Å²) in [7, 11) is 0. The van der Waals surface area contributed by atoms with Crippen LogP contribution in [-0.2, 0) is 19.1 Å². The fraction of sp³-hybridized carbons (Fsp3) is 0.500. The van der Waals surface area contributed by atoms with Crippen molar-refractivity contribution >= 4 is 40.6 Å². The highest BCUT2D eigenvalue weighted by Gasteiger charge is 2.39. The van der Waals surface area contributed by atoms with Crippen molar-refractivity contribution in [1.82, 2.24) is 3.11 Å². The van der Waals surface area contributed by atoms with E-state index >= 15 is 0 Å². The highest BCUT2D eigenvalue weighted by molar-refractivity contribution is 14.1. The van der Waals surface area contributed by atoms with Crippen LogP contribution in [0.25, 0.3) is 0 Å². The third-order valence-electron chi connectivity index (χ3n) is 1.36. The number of hydrogen-bond donors (Lipinski definition) is 0. The second-order valence-electron chi connectivity index (χ2n) is 2.32. The molecule has 0 N–H and O–H groups in total. The SMILES string of the molecule is CC(=O)OC1CC(=O)N(I)C1=O. The standard InChI is InChI=1S/C6H6INO4/c1-3(9)12-4-2-5(10)8(7)6(4)11/h4H,2H2,1H3. The van der Waals surface area contributed by atoms with Crippen LogP contribution >= 0.6 is 22.9 Å². The van der Waals surface area contributed by atoms with Crippen molar-refractivity contribution in [3.8, 4) is 0 Å². The number of nitrogens with zero attached hydrogens (tertiary/aromatic N) is 1. The van der Waals surface area contributed by atoms with Crippen LogP contribution < -0.4 is 0 Å². The maximum absolute atomic E-state index is 11.1. The molecule has 0 aliphatic carbocycles. The van der Waals surface area contributed by atoms with Gasteiger partial charge in [0.2, 0.25) is 5.91 Å². The van der Waals surface area contributed by atoms with Crippen molar-refractivity contribution in [2.75, 3.05) is 0 Å². The van der Waals surface area contributed by atoms with E-state index in [-0.39, 0.29) is 12.3 Å². The lowest BCUT2D eigenvalue weighted by molar-refractivity contribution is -0.152. The van der Waals surface area contributed by atoms with Gasteiger partial charge in [-0.05, 0) is 0 Å². The third-order valence-corrected chi connectivity index (χ3v) is 2.37. The molecule has 1 rings (SSSR count). The predicted octanol–water partition coefficient (Wildman–Crippen LogP) is 0.0270. The minimum Gasteiger partial charge on any atom is -0.452 e. The van der Waals surface area contributed by atoms with Gasteiger partial charge < -0.3 is 4.74 Å². The smallest absolute Gasteiger partial charge is 0.303 e. The van der Waals surface area contributed by atoms with Gasteiger partial charge in [-0.2, -0.15) is 0 Å². The van der Waals surface area contributed by atoms with Gasteiger partial charge in [-0.25, -0.2) is 3.11 Å². The Morgan fingerprint density at radius 1 is 1.67 bits per heavy atom. The molecule has 1 heterocycles. The zero-order valence-electron chi connectivity index (χ0n) is 6.24. The first kappa shape index (κ1) is 9.43. The molecule has 5 nitrogen and oxygen atoms in total. The Hall–Kier alpha value is -0.660. The first-order chi connectivity index (χ1) is 5.52. The number of amides is 2. The van der Waals surface area contributed by atoms with E-state index in [2.05, 4.69) is 4.74 Å². The molecule has 12 heavy (non-hydrogen) atoms. The minimum atomic E-state index is -0.910. The van der Waals surface area contributed by atoms with Gasteiger partial charge in [-0.1, -0.05) is 0 Å². The highest BCUT2D eigenvalue weighted by Crippen LogP contribution is 2.19. The van der Waals surface area contributed by atoms with E-state index in [0.717, 1.165) is 3.11 Å². The molecule has 1 fully saturated rings. The van der Waals surface area contributed by atoms with E-state index < -0.39 is 18.0 Å². The molecular formula is C6H6INO4. The maximum atomic E-state index is 11.1. The Labute approximate surface area is 82.5 Å². The van der Waals surface area contributed by atoms with Gasteiger partial charge in [-0.15, -0.1) is 0 Å². The van der Waals surface area contributed by atoms with Gasteiger partial charge in [0.05, 0.1) is 29.3 Å². The summed E-state index contributed by atoms with van der Waals surface area (Å²) in [5.74, 6) is -1.34. The van der Waals surface area contributed by atoms with Crippen LogP contribution in [0.3, 0.4) is 0 Å². The topological polar surface area (TPSA) is 63.7 Å². The summed E-state index contributed by atoms with van der Waals surface area (Å²) in [6.45, 7) is 1.20. The average molecular weight is 283 g/mol. The average Bonchev–Trinajstić information content (AvgIpc) is 2.17. The zero-order valence-corrected chi connectivity index (χ0v) is 8.40. The van der Waals surface area contributed by atoms with E-state index in [9.17, 15) is 14.4 Å². The summed E-state index contributed by atoms with van der Waals surface area (Å²) < 4.78 is 5.54. The summed E-state index contributed by atoms with van der Waals surface area (Å²) in [4.78, 5) is 32.4. The van der Waals surface area contributed by atoms with Gasteiger partial charge in [-0.3, -0.25) is 14.4 Å². The van der Waals surface area contributed by atoms with Gasteiger partial charge in [0, 0.05) is 6.92 Å². The van der Waals surface area contributed by atoms with Crippen LogP contribution in [0.15, 0.2) is 0 Å². The molecule has 0 bridgehead atoms. The van der Waals surface area contributed by atoms with Crippen LogP contribution in [0.4, 0.5) is 0 Å². The number of carbonyl (C=O) groups excluding carboxylic acids is 3. The number of halogens is 1. The molecule has 0 spiro atoms. The lowest BCUT2D eigenvalue weighted by Crippen LogP contribution is -2.26. The molecule has 1 unspecified atom stereocenters. The maximum Gasteiger partial charge on any atom is 0.303 e. The molecule has 1 aliphatic rings. The molecule has 0 aromatic heterocycles. The van der Waals surface area contributed by atoms with Crippen molar-refractivity contribution in [1.29, 1.82) is 0 Å². The van der Waals surface area contributed by atoms with E-state index in [4.69, 9.17) is 0 Å². The number of imide groups is 1. The second kappa shape index (κ2) is 3.38. The van der Waals surface area contributed by atoms with Crippen LogP contribution in [0, 0.1) is 0 Å². The van der Waals surface area contributed by atoms with E-state index in [0.29, 0.717) is 0 Å². The van der Waals surface area contributed by atoms with E-state index in [1.165, 1.54) is 6.92 Å². The Balaban J connectivity index is 2.65. The van der Waals surface area contributed by atoms with Crippen LogP contribution in [-0.4, -0.2) is 27.0 Å². The summed E-state index contributed by atoms with van der Waals surface area (Å²) >= 11 is 1.59. The Morgan fingerprint density at radius 2 is 2.25 bits per heavy atom. The molecule has 0 aromatic rings. The number of rotatable bonds is 1. The van der Waals surface area contributed by atoms with Gasteiger partial charge in [0.25, 0.3) is 5.91 Å². The fourth-order valence-corrected chi connectivity index (χ4v) is 1.38. The number of esters is 1. The monoisotopic (exact) mass is 283 g/mol. The largest absolute Gasteiger partial charge is 0.452 e. The van der Waals surface area contributed by atoms with Crippen LogP contribution in [0.5, 0.6) is 0 Å². The Morgan fingerprint density at radius 3 is 2.58 bits per heavy atom. The van der Waals surface area contributed by atoms with Gasteiger partial charge in [0.1, 0.15) is 0 Å². The molecule has 1 aliphatic heterocycles. The molecular weight excluding hydrogens is 277 g/mol. The van der Waals surface area contributed by atoms with Gasteiger partial charge >= 0.3 is 5.97 Å². The van der Waals surface area contributed by atoms with Crippen LogP contribution in [0.1, 0.15) is 13.3 Å². The molecule has 0 radical (unpaired) electrons. The Bertz CT molecular complexity index is 250. The number of hydrogen-bond acceptors (Lipinski definition) is 4. The predicted molar refractivity (Wildman–Crippen MR) is 46.0 cm³/mol. The molecule has 1 atom stereocenters. The molecule has 0 saturated carbocycles. The molecule has 1 saturated heterocycles. The number of carbonyl (C=O) groups is 3. The lowest BCUT2D eigenvalue weighted by Gasteiger charge is -2.06. The minimum absolute atomic E-state index is 0.0403. The Kier molecular flexibility index (Phi) is 2.65. The molecule has 2 amide bonds. The number of ether oxygens (including phenoxy) is 1.